The molecule has 34 heavy (non-hydrogen) atoms. The predicted molar refractivity (Wildman–Crippen MR) is 125 cm³/mol. The molecule has 0 aliphatic carbocycles. The Hall–Kier alpha value is -0.892. The topological polar surface area (TPSA) is 181 Å². The van der Waals surface area contributed by atoms with Gasteiger partial charge in [0.2, 0.25) is 0 Å². The summed E-state index contributed by atoms with van der Waals surface area (Å²) < 4.78 is 0. The van der Waals surface area contributed by atoms with Crippen LogP contribution in [0.4, 0.5) is 0 Å². The van der Waals surface area contributed by atoms with E-state index in [1.807, 2.05) is 0 Å². The van der Waals surface area contributed by atoms with Gasteiger partial charge in [-0.1, -0.05) is 57.8 Å². The summed E-state index contributed by atoms with van der Waals surface area (Å²) in [6.07, 6.45) is 13.8. The van der Waals surface area contributed by atoms with E-state index in [2.05, 4.69) is 0 Å². The Bertz CT molecular complexity index is 373. The van der Waals surface area contributed by atoms with Gasteiger partial charge < -0.3 is 45.0 Å². The van der Waals surface area contributed by atoms with Crippen LogP contribution in [0.3, 0.4) is 0 Å². The Balaban J connectivity index is -0.000000196. The molecule has 0 spiro atoms. The van der Waals surface area contributed by atoms with Crippen LogP contribution in [0.5, 0.6) is 0 Å². The van der Waals surface area contributed by atoms with E-state index in [1.165, 1.54) is 0 Å². The van der Waals surface area contributed by atoms with Crippen LogP contribution in [0.25, 0.3) is 0 Å². The van der Waals surface area contributed by atoms with Gasteiger partial charge in [-0.05, 0) is 57.8 Å². The molecule has 200 valence electrons. The van der Waals surface area contributed by atoms with Crippen molar-refractivity contribution in [1.29, 1.82) is 0 Å². The first-order valence-electron chi connectivity index (χ1n) is 12.2. The van der Waals surface area contributed by atoms with Gasteiger partial charge in [-0.25, -0.2) is 0 Å². The third kappa shape index (κ3) is 52.8. The zero-order chi connectivity index (χ0) is 25.6. The van der Waals surface area contributed by atoms with E-state index in [0.717, 1.165) is 77.0 Å². The number of hydrogen-bond donors (Lipinski definition) is 3. The summed E-state index contributed by atoms with van der Waals surface area (Å²) >= 11 is 0. The standard InChI is InChI=1S/3C8H16O3.Sb/c3*9-7-5-3-1-2-4-6-8(10)11;/h3*9H,1-7H2,(H,10,11);/q;;;+3/p-3. The second-order valence-electron chi connectivity index (χ2n) is 7.84. The van der Waals surface area contributed by atoms with Crippen molar-refractivity contribution >= 4 is 42.3 Å². The van der Waals surface area contributed by atoms with Gasteiger partial charge in [-0.15, -0.1) is 0 Å². The molecule has 0 saturated heterocycles. The summed E-state index contributed by atoms with van der Waals surface area (Å²) in [6.45, 7) is 0.710. The molecule has 10 heteroatoms. The molecular formula is C24H45O9Sb. The van der Waals surface area contributed by atoms with Gasteiger partial charge in [0.1, 0.15) is 0 Å². The van der Waals surface area contributed by atoms with E-state index in [9.17, 15) is 29.7 Å². The molecule has 0 rings (SSSR count). The number of carbonyl (C=O) groups excluding carboxylic acids is 3. The fraction of sp³-hybridized carbons (Fsp3) is 0.875. The summed E-state index contributed by atoms with van der Waals surface area (Å²) in [5, 5.41) is 55.0. The smallest absolute Gasteiger partial charge is 0.550 e. The first-order chi connectivity index (χ1) is 15.8. The minimum Gasteiger partial charge on any atom is -0.550 e. The molecule has 0 amide bonds. The van der Waals surface area contributed by atoms with Crippen LogP contribution in [-0.4, -0.2) is 77.5 Å². The van der Waals surface area contributed by atoms with E-state index in [4.69, 9.17) is 15.3 Å². The number of carbonyl (C=O) groups is 3. The molecule has 3 N–H and O–H groups in total. The number of carboxylic acids is 3. The largest absolute Gasteiger partial charge is 3.00 e. The quantitative estimate of drug-likeness (QED) is 0.119. The molecule has 0 aromatic heterocycles. The Kier molecular flexibility index (Phi) is 43.5. The van der Waals surface area contributed by atoms with Crippen molar-refractivity contribution in [2.45, 2.75) is 116 Å². The molecule has 0 fully saturated rings. The molecule has 0 saturated carbocycles. The van der Waals surface area contributed by atoms with Crippen LogP contribution in [0.15, 0.2) is 0 Å². The third-order valence-corrected chi connectivity index (χ3v) is 4.62. The van der Waals surface area contributed by atoms with Crippen LogP contribution in [0.1, 0.15) is 116 Å². The van der Waals surface area contributed by atoms with Gasteiger partial charge in [-0.3, -0.25) is 0 Å². The van der Waals surface area contributed by atoms with Crippen molar-refractivity contribution in [3.63, 3.8) is 0 Å². The van der Waals surface area contributed by atoms with Gasteiger partial charge >= 0.3 is 24.4 Å². The van der Waals surface area contributed by atoms with E-state index >= 15 is 0 Å². The maximum atomic E-state index is 9.94. The number of rotatable bonds is 21. The van der Waals surface area contributed by atoms with Gasteiger partial charge in [-0.2, -0.15) is 0 Å². The Morgan fingerprint density at radius 3 is 0.735 bits per heavy atom. The molecule has 0 aliphatic heterocycles. The molecule has 0 bridgehead atoms. The van der Waals surface area contributed by atoms with Crippen LogP contribution in [0, 0.1) is 0 Å². The fourth-order valence-electron chi connectivity index (χ4n) is 2.73. The fourth-order valence-corrected chi connectivity index (χ4v) is 2.73. The SMILES string of the molecule is O=C([O-])CCCCCCCO.O=C([O-])CCCCCCCO.O=C([O-])CCCCCCCO.[Sb+3]. The van der Waals surface area contributed by atoms with E-state index in [0.29, 0.717) is 19.3 Å². The predicted octanol–water partition coefficient (Wildman–Crippen LogP) is -0.173. The zero-order valence-corrected chi connectivity index (χ0v) is 23.1. The van der Waals surface area contributed by atoms with Crippen molar-refractivity contribution in [2.75, 3.05) is 19.8 Å². The Labute approximate surface area is 222 Å². The summed E-state index contributed by atoms with van der Waals surface area (Å²) in [4.78, 5) is 29.8. The maximum absolute atomic E-state index is 9.94. The number of carboxylic acid groups (broad SMARTS) is 3. The molecule has 0 heterocycles. The number of aliphatic carboxylic acids is 3. The van der Waals surface area contributed by atoms with Crippen LogP contribution in [-0.2, 0) is 14.4 Å². The second-order valence-corrected chi connectivity index (χ2v) is 7.84. The molecule has 0 unspecified atom stereocenters. The third-order valence-electron chi connectivity index (χ3n) is 4.62. The van der Waals surface area contributed by atoms with Gasteiger partial charge in [0.05, 0.1) is 0 Å². The number of hydrogen-bond acceptors (Lipinski definition) is 9. The van der Waals surface area contributed by atoms with Crippen molar-refractivity contribution in [3.8, 4) is 0 Å². The first-order valence-corrected chi connectivity index (χ1v) is 12.2. The first kappa shape index (κ1) is 40.3. The normalized spacial score (nSPS) is 9.62. The minimum atomic E-state index is -0.966. The summed E-state index contributed by atoms with van der Waals surface area (Å²) in [5.74, 6) is -2.90. The Morgan fingerprint density at radius 2 is 0.559 bits per heavy atom. The summed E-state index contributed by atoms with van der Waals surface area (Å²) in [7, 11) is 0. The molecule has 0 aromatic rings. The molecule has 9 nitrogen and oxygen atoms in total. The van der Waals surface area contributed by atoms with Crippen molar-refractivity contribution in [2.24, 2.45) is 0 Å². The van der Waals surface area contributed by atoms with Crippen LogP contribution < -0.4 is 15.3 Å². The number of aliphatic hydroxyl groups excluding tert-OH is 3. The zero-order valence-electron chi connectivity index (χ0n) is 20.6. The molecule has 0 atom stereocenters. The average Bonchev–Trinajstić information content (AvgIpc) is 2.76. The van der Waals surface area contributed by atoms with Crippen LogP contribution in [0.2, 0.25) is 0 Å². The second kappa shape index (κ2) is 36.7. The van der Waals surface area contributed by atoms with E-state index in [1.54, 1.807) is 0 Å². The summed E-state index contributed by atoms with van der Waals surface area (Å²) in [6, 6.07) is 0. The number of aliphatic hydroxyl groups is 3. The van der Waals surface area contributed by atoms with Gasteiger partial charge in [0.15, 0.2) is 0 Å². The van der Waals surface area contributed by atoms with Gasteiger partial charge in [0, 0.05) is 37.7 Å². The van der Waals surface area contributed by atoms with E-state index < -0.39 is 17.9 Å². The number of unbranched alkanes of at least 4 members (excludes halogenated alkanes) is 12. The molecular weight excluding hydrogens is 554 g/mol. The monoisotopic (exact) mass is 598 g/mol. The van der Waals surface area contributed by atoms with Crippen molar-refractivity contribution < 1.29 is 45.0 Å². The minimum absolute atomic E-state index is 0. The molecule has 2 radical (unpaired) electrons. The van der Waals surface area contributed by atoms with E-state index in [-0.39, 0.29) is 63.5 Å². The van der Waals surface area contributed by atoms with Crippen molar-refractivity contribution in [3.05, 3.63) is 0 Å². The van der Waals surface area contributed by atoms with Gasteiger partial charge in [0.25, 0.3) is 0 Å². The average molecular weight is 599 g/mol. The molecule has 0 aromatic carbocycles. The summed E-state index contributed by atoms with van der Waals surface area (Å²) in [5.41, 5.74) is 0. The van der Waals surface area contributed by atoms with Crippen molar-refractivity contribution in [1.82, 2.24) is 0 Å². The Morgan fingerprint density at radius 1 is 0.382 bits per heavy atom. The van der Waals surface area contributed by atoms with Crippen LogP contribution >= 0.6 is 0 Å². The maximum Gasteiger partial charge on any atom is 3.00 e. The molecule has 0 aliphatic rings.